The molecule has 1 aliphatic carbocycles. The van der Waals surface area contributed by atoms with Crippen molar-refractivity contribution in [2.45, 2.75) is 169 Å². The Morgan fingerprint density at radius 1 is 0.385 bits per heavy atom. The first-order chi connectivity index (χ1) is 36.6. The molecule has 3 heterocycles. The smallest absolute Gasteiger partial charge is 0.252 e. The molecule has 2 atom stereocenters. The maximum absolute atomic E-state index is 2.81. The van der Waals surface area contributed by atoms with Crippen LogP contribution in [0.25, 0.3) is 11.1 Å². The van der Waals surface area contributed by atoms with Gasteiger partial charge in [0, 0.05) is 50.8 Å². The van der Waals surface area contributed by atoms with Gasteiger partial charge in [-0.2, -0.15) is 0 Å². The maximum Gasteiger partial charge on any atom is 0.252 e. The zero-order valence-corrected chi connectivity index (χ0v) is 49.9. The normalized spacial score (nSPS) is 18.7. The van der Waals surface area contributed by atoms with E-state index in [0.717, 1.165) is 12.8 Å². The fourth-order valence-corrected chi connectivity index (χ4v) is 13.9. The second-order valence-electron chi connectivity index (χ2n) is 29.1. The van der Waals surface area contributed by atoms with Gasteiger partial charge in [0.2, 0.25) is 0 Å². The van der Waals surface area contributed by atoms with Crippen LogP contribution in [0, 0.1) is 0 Å². The summed E-state index contributed by atoms with van der Waals surface area (Å²) in [5, 5.41) is 0. The van der Waals surface area contributed by atoms with Crippen LogP contribution >= 0.6 is 0 Å². The van der Waals surface area contributed by atoms with E-state index in [4.69, 9.17) is 0 Å². The molecule has 4 aliphatic rings. The Hall–Kier alpha value is -6.78. The molecule has 0 radical (unpaired) electrons. The number of fused-ring (bicyclic) bond motifs is 9. The summed E-state index contributed by atoms with van der Waals surface area (Å²) in [6.07, 6.45) is 2.10. The lowest BCUT2D eigenvalue weighted by atomic mass is 9.33. The summed E-state index contributed by atoms with van der Waals surface area (Å²) in [5.41, 5.74) is 26.4. The van der Waals surface area contributed by atoms with Gasteiger partial charge in [-0.05, 0) is 168 Å². The number of hydrogen-bond acceptors (Lipinski definition) is 3. The first kappa shape index (κ1) is 52.0. The lowest BCUT2D eigenvalue weighted by molar-refractivity contribution is 0.245. The summed E-state index contributed by atoms with van der Waals surface area (Å²) in [6, 6.07) is 65.0. The molecule has 0 amide bonds. The van der Waals surface area contributed by atoms with Crippen molar-refractivity contribution < 1.29 is 0 Å². The quantitative estimate of drug-likeness (QED) is 0.163. The fraction of sp³-hybridized carbons (Fsp3) is 0.351. The summed E-state index contributed by atoms with van der Waals surface area (Å²) >= 11 is 0. The molecule has 0 saturated carbocycles. The summed E-state index contributed by atoms with van der Waals surface area (Å²) in [5.74, 6) is 0. The van der Waals surface area contributed by atoms with E-state index in [1.807, 2.05) is 0 Å². The highest BCUT2D eigenvalue weighted by Crippen LogP contribution is 2.65. The van der Waals surface area contributed by atoms with Gasteiger partial charge in [0.15, 0.2) is 0 Å². The van der Waals surface area contributed by atoms with E-state index in [1.54, 1.807) is 0 Å². The Labute approximate surface area is 468 Å². The van der Waals surface area contributed by atoms with Crippen molar-refractivity contribution in [1.82, 2.24) is 0 Å². The van der Waals surface area contributed by atoms with Crippen molar-refractivity contribution in [1.29, 1.82) is 0 Å². The average molecular weight is 1020 g/mol. The SMILES string of the molecule is CC(C)(C)c1cccc(N2c3cc(C(C)(C)C)ccc3B3c4ccc(C(C)(C)C)cc4N(c4ccc(C(C)(C)C)cc4-c4ccccc4)c4cc(N5c6ccc(C(C)(C)C)cc6C6(C)CCc7ccccc7C56C)cc2c43)c1. The van der Waals surface area contributed by atoms with Crippen molar-refractivity contribution in [2.24, 2.45) is 0 Å². The highest BCUT2D eigenvalue weighted by molar-refractivity contribution is 7.00. The minimum absolute atomic E-state index is 0.00696. The Balaban J connectivity index is 1.27. The third kappa shape index (κ3) is 7.96. The maximum atomic E-state index is 2.81. The first-order valence-electron chi connectivity index (χ1n) is 29.0. The monoisotopic (exact) mass is 1020 g/mol. The zero-order valence-electron chi connectivity index (χ0n) is 49.9. The molecule has 396 valence electrons. The van der Waals surface area contributed by atoms with Crippen molar-refractivity contribution in [3.63, 3.8) is 0 Å². The lowest BCUT2D eigenvalue weighted by Gasteiger charge is -2.52. The number of rotatable bonds is 4. The molecule has 0 N–H and O–H groups in total. The Morgan fingerprint density at radius 3 is 1.49 bits per heavy atom. The van der Waals surface area contributed by atoms with Gasteiger partial charge in [0.25, 0.3) is 6.71 Å². The molecule has 3 aliphatic heterocycles. The molecule has 0 aromatic heterocycles. The van der Waals surface area contributed by atoms with Gasteiger partial charge in [-0.1, -0.05) is 220 Å². The average Bonchev–Trinajstić information content (AvgIpc) is 3.12. The third-order valence-corrected chi connectivity index (χ3v) is 18.9. The molecule has 8 aromatic rings. The lowest BCUT2D eigenvalue weighted by Crippen LogP contribution is -2.61. The Morgan fingerprint density at radius 2 is 0.885 bits per heavy atom. The van der Waals surface area contributed by atoms with Crippen LogP contribution in [-0.4, -0.2) is 6.71 Å². The van der Waals surface area contributed by atoms with Crippen LogP contribution in [0.2, 0.25) is 0 Å². The van der Waals surface area contributed by atoms with Crippen LogP contribution in [0.3, 0.4) is 0 Å². The van der Waals surface area contributed by atoms with Crippen LogP contribution in [-0.2, 0) is 44.4 Å². The number of nitrogens with zero attached hydrogens (tertiary/aromatic N) is 3. The highest BCUT2D eigenvalue weighted by atomic mass is 15.3. The minimum atomic E-state index is -0.426. The molecular formula is C74H82BN3. The topological polar surface area (TPSA) is 9.72 Å². The van der Waals surface area contributed by atoms with E-state index >= 15 is 0 Å². The summed E-state index contributed by atoms with van der Waals surface area (Å²) in [4.78, 5) is 8.18. The molecule has 0 bridgehead atoms. The van der Waals surface area contributed by atoms with Crippen molar-refractivity contribution >= 4 is 68.6 Å². The van der Waals surface area contributed by atoms with Crippen molar-refractivity contribution in [2.75, 3.05) is 14.7 Å². The molecule has 3 nitrogen and oxygen atoms in total. The minimum Gasteiger partial charge on any atom is -0.330 e. The highest BCUT2D eigenvalue weighted by Gasteiger charge is 2.60. The van der Waals surface area contributed by atoms with E-state index in [2.05, 4.69) is 296 Å². The molecule has 0 fully saturated rings. The van der Waals surface area contributed by atoms with Crippen LogP contribution < -0.4 is 31.1 Å². The molecule has 8 aromatic carbocycles. The number of anilines is 8. The zero-order chi connectivity index (χ0) is 55.4. The Kier molecular flexibility index (Phi) is 11.6. The van der Waals surface area contributed by atoms with Crippen LogP contribution in [0.15, 0.2) is 164 Å². The summed E-state index contributed by atoms with van der Waals surface area (Å²) in [7, 11) is 0. The van der Waals surface area contributed by atoms with Crippen LogP contribution in [0.5, 0.6) is 0 Å². The van der Waals surface area contributed by atoms with Gasteiger partial charge in [-0.15, -0.1) is 0 Å². The van der Waals surface area contributed by atoms with Gasteiger partial charge in [0.05, 0.1) is 11.2 Å². The number of benzene rings is 8. The van der Waals surface area contributed by atoms with E-state index in [0.29, 0.717) is 0 Å². The van der Waals surface area contributed by atoms with Crippen LogP contribution in [0.4, 0.5) is 45.5 Å². The van der Waals surface area contributed by atoms with Crippen LogP contribution in [0.1, 0.15) is 169 Å². The second kappa shape index (κ2) is 17.4. The predicted molar refractivity (Wildman–Crippen MR) is 337 cm³/mol. The molecule has 12 rings (SSSR count). The predicted octanol–water partition coefficient (Wildman–Crippen LogP) is 18.2. The molecule has 78 heavy (non-hydrogen) atoms. The van der Waals surface area contributed by atoms with Gasteiger partial charge in [-0.3, -0.25) is 0 Å². The summed E-state index contributed by atoms with van der Waals surface area (Å²) < 4.78 is 0. The van der Waals surface area contributed by atoms with E-state index < -0.39 is 5.54 Å². The van der Waals surface area contributed by atoms with Crippen molar-refractivity contribution in [3.05, 3.63) is 208 Å². The second-order valence-corrected chi connectivity index (χ2v) is 29.1. The molecule has 2 unspecified atom stereocenters. The van der Waals surface area contributed by atoms with E-state index in [9.17, 15) is 0 Å². The number of aryl methyl sites for hydroxylation is 1. The van der Waals surface area contributed by atoms with Gasteiger partial charge >= 0.3 is 0 Å². The van der Waals surface area contributed by atoms with Crippen molar-refractivity contribution in [3.8, 4) is 11.1 Å². The fourth-order valence-electron chi connectivity index (χ4n) is 13.9. The molecule has 0 spiro atoms. The van der Waals surface area contributed by atoms with Gasteiger partial charge < -0.3 is 14.7 Å². The first-order valence-corrected chi connectivity index (χ1v) is 29.0. The van der Waals surface area contributed by atoms with E-state index in [-0.39, 0.29) is 39.2 Å². The largest absolute Gasteiger partial charge is 0.330 e. The standard InChI is InChI=1S/C74H82BN3/c1-68(2,3)49-27-23-28-54(40-49)76-63-43-52(71(10,11)12)30-34-59(63)75-60-35-31-53(72(13,14)15)44-64(60)77(61-36-32-50(69(4,5)6)41-56(61)47-24-19-18-20-25-47)66-46-55(45-65(76)67(66)75)78-62-37-33-51(70(7,8)9)42-58(62)73(16)39-38-48-26-21-22-29-57(48)74(73,78)17/h18-37,40-46H,38-39H2,1-17H3. The number of hydrogen-bond donors (Lipinski definition) is 0. The molecular weight excluding hydrogens is 942 g/mol. The molecule has 0 saturated heterocycles. The molecule has 4 heteroatoms. The van der Waals surface area contributed by atoms with Gasteiger partial charge in [0.1, 0.15) is 0 Å². The van der Waals surface area contributed by atoms with E-state index in [1.165, 1.54) is 118 Å². The summed E-state index contributed by atoms with van der Waals surface area (Å²) in [6.45, 7) is 40.5. The third-order valence-electron chi connectivity index (χ3n) is 18.9. The Bertz CT molecular complexity index is 3720. The van der Waals surface area contributed by atoms with Gasteiger partial charge in [-0.25, -0.2) is 0 Å².